The molecule has 0 saturated heterocycles. The number of esters is 1. The second-order valence-electron chi connectivity index (χ2n) is 3.92. The summed E-state index contributed by atoms with van der Waals surface area (Å²) in [5, 5.41) is 9.32. The maximum Gasteiger partial charge on any atom is 0.337 e. The van der Waals surface area contributed by atoms with Gasteiger partial charge >= 0.3 is 5.97 Å². The Morgan fingerprint density at radius 3 is 2.16 bits per heavy atom. The van der Waals surface area contributed by atoms with E-state index in [2.05, 4.69) is 4.74 Å². The Balaban J connectivity index is 2.55. The molecule has 0 aromatic heterocycles. The number of hydrogen-bond acceptors (Lipinski definition) is 3. The minimum atomic E-state index is -0.693. The first-order valence-corrected chi connectivity index (χ1v) is 5.38. The zero-order valence-corrected chi connectivity index (χ0v) is 9.98. The maximum atomic E-state index is 13.4. The van der Waals surface area contributed by atoms with Crippen LogP contribution < -0.4 is 0 Å². The molecule has 2 aromatic rings. The van der Waals surface area contributed by atoms with Gasteiger partial charge in [0.1, 0.15) is 17.4 Å². The molecule has 0 aliphatic rings. The van der Waals surface area contributed by atoms with E-state index >= 15 is 0 Å². The van der Waals surface area contributed by atoms with Crippen molar-refractivity contribution in [2.24, 2.45) is 0 Å². The molecule has 0 unspecified atom stereocenters. The zero-order chi connectivity index (χ0) is 14.0. The second kappa shape index (κ2) is 5.06. The van der Waals surface area contributed by atoms with E-state index in [1.807, 2.05) is 0 Å². The third-order valence-electron chi connectivity index (χ3n) is 2.53. The van der Waals surface area contributed by atoms with Gasteiger partial charge in [-0.1, -0.05) is 0 Å². The highest BCUT2D eigenvalue weighted by Crippen LogP contribution is 2.26. The normalized spacial score (nSPS) is 10.3. The van der Waals surface area contributed by atoms with Crippen molar-refractivity contribution >= 4 is 5.97 Å². The van der Waals surface area contributed by atoms with Gasteiger partial charge in [0, 0.05) is 6.07 Å². The van der Waals surface area contributed by atoms with Crippen molar-refractivity contribution in [3.05, 3.63) is 53.6 Å². The number of rotatable bonds is 2. The Bertz CT molecular complexity index is 618. The lowest BCUT2D eigenvalue weighted by Crippen LogP contribution is -2.02. The fourth-order valence-corrected chi connectivity index (χ4v) is 1.73. The van der Waals surface area contributed by atoms with E-state index in [-0.39, 0.29) is 22.4 Å². The average molecular weight is 264 g/mol. The molecular weight excluding hydrogens is 254 g/mol. The van der Waals surface area contributed by atoms with Crippen LogP contribution in [-0.2, 0) is 4.74 Å². The minimum Gasteiger partial charge on any atom is -0.508 e. The summed E-state index contributed by atoms with van der Waals surface area (Å²) < 4.78 is 31.1. The highest BCUT2D eigenvalue weighted by molar-refractivity contribution is 5.91. The molecule has 0 amide bonds. The smallest absolute Gasteiger partial charge is 0.337 e. The number of ether oxygens (including phenoxy) is 1. The van der Waals surface area contributed by atoms with Crippen molar-refractivity contribution in [2.75, 3.05) is 7.11 Å². The van der Waals surface area contributed by atoms with Crippen LogP contribution in [0, 0.1) is 11.6 Å². The molecule has 98 valence electrons. The molecule has 0 radical (unpaired) electrons. The number of phenolic OH excluding ortho intramolecular Hbond substituents is 1. The molecule has 0 spiro atoms. The molecule has 0 saturated carbocycles. The van der Waals surface area contributed by atoms with E-state index in [0.29, 0.717) is 0 Å². The lowest BCUT2D eigenvalue weighted by Gasteiger charge is -2.06. The van der Waals surface area contributed by atoms with Crippen molar-refractivity contribution in [1.29, 1.82) is 0 Å². The number of methoxy groups -OCH3 is 1. The number of hydrogen-bond donors (Lipinski definition) is 1. The number of halogens is 2. The lowest BCUT2D eigenvalue weighted by atomic mass is 10.0. The van der Waals surface area contributed by atoms with Crippen LogP contribution in [0.4, 0.5) is 8.78 Å². The van der Waals surface area contributed by atoms with Gasteiger partial charge in [-0.2, -0.15) is 0 Å². The summed E-state index contributed by atoms with van der Waals surface area (Å²) in [6, 6.07) is 6.87. The molecule has 2 aromatic carbocycles. The third-order valence-corrected chi connectivity index (χ3v) is 2.53. The molecule has 5 heteroatoms. The summed E-state index contributed by atoms with van der Waals surface area (Å²) in [4.78, 5) is 11.4. The molecular formula is C14H10F2O3. The van der Waals surface area contributed by atoms with Crippen LogP contribution in [0.25, 0.3) is 11.1 Å². The summed E-state index contributed by atoms with van der Waals surface area (Å²) >= 11 is 0. The lowest BCUT2D eigenvalue weighted by molar-refractivity contribution is 0.0600. The fourth-order valence-electron chi connectivity index (χ4n) is 1.73. The first-order valence-electron chi connectivity index (χ1n) is 5.38. The topological polar surface area (TPSA) is 46.5 Å². The second-order valence-corrected chi connectivity index (χ2v) is 3.92. The van der Waals surface area contributed by atoms with E-state index in [1.165, 1.54) is 19.2 Å². The summed E-state index contributed by atoms with van der Waals surface area (Å²) in [5.74, 6) is -2.28. The molecule has 0 aliphatic carbocycles. The standard InChI is InChI=1S/C14H10F2O3/c1-19-14(18)10-2-8(3-11(15)5-10)9-4-12(16)7-13(17)6-9/h2-7,17H,1H3. The first kappa shape index (κ1) is 13.0. The molecule has 0 atom stereocenters. The molecule has 0 aliphatic heterocycles. The van der Waals surface area contributed by atoms with E-state index < -0.39 is 17.6 Å². The van der Waals surface area contributed by atoms with Crippen molar-refractivity contribution in [2.45, 2.75) is 0 Å². The van der Waals surface area contributed by atoms with Crippen molar-refractivity contribution in [3.8, 4) is 16.9 Å². The number of benzene rings is 2. The third kappa shape index (κ3) is 2.88. The quantitative estimate of drug-likeness (QED) is 0.848. The average Bonchev–Trinajstić information content (AvgIpc) is 2.36. The first-order chi connectivity index (χ1) is 8.99. The highest BCUT2D eigenvalue weighted by Gasteiger charge is 2.11. The predicted molar refractivity (Wildman–Crippen MR) is 64.8 cm³/mol. The van der Waals surface area contributed by atoms with Crippen molar-refractivity contribution in [1.82, 2.24) is 0 Å². The van der Waals surface area contributed by atoms with Gasteiger partial charge in [0.25, 0.3) is 0 Å². The van der Waals surface area contributed by atoms with Crippen LogP contribution >= 0.6 is 0 Å². The molecule has 0 heterocycles. The fraction of sp³-hybridized carbons (Fsp3) is 0.0714. The van der Waals surface area contributed by atoms with Gasteiger partial charge < -0.3 is 9.84 Å². The highest BCUT2D eigenvalue weighted by atomic mass is 19.1. The van der Waals surface area contributed by atoms with Crippen LogP contribution in [0.5, 0.6) is 5.75 Å². The number of carbonyl (C=O) groups is 1. The summed E-state index contributed by atoms with van der Waals surface area (Å²) in [6.45, 7) is 0. The number of phenols is 1. The van der Waals surface area contributed by atoms with Crippen molar-refractivity contribution in [3.63, 3.8) is 0 Å². The SMILES string of the molecule is COC(=O)c1cc(F)cc(-c2cc(O)cc(F)c2)c1. The largest absolute Gasteiger partial charge is 0.508 e. The molecule has 2 rings (SSSR count). The van der Waals surface area contributed by atoms with Crippen LogP contribution in [0.15, 0.2) is 36.4 Å². The van der Waals surface area contributed by atoms with Gasteiger partial charge in [-0.3, -0.25) is 0 Å². The van der Waals surface area contributed by atoms with Gasteiger partial charge in [0.2, 0.25) is 0 Å². The predicted octanol–water partition coefficient (Wildman–Crippen LogP) is 3.12. The molecule has 0 fully saturated rings. The summed E-state index contributed by atoms with van der Waals surface area (Å²) in [5.41, 5.74) is 0.554. The van der Waals surface area contributed by atoms with Gasteiger partial charge in [0.15, 0.2) is 0 Å². The number of aromatic hydroxyl groups is 1. The Kier molecular flexibility index (Phi) is 3.46. The molecule has 3 nitrogen and oxygen atoms in total. The number of carbonyl (C=O) groups excluding carboxylic acids is 1. The van der Waals surface area contributed by atoms with E-state index in [9.17, 15) is 18.7 Å². The van der Waals surface area contributed by atoms with Gasteiger partial charge in [-0.25, -0.2) is 13.6 Å². The Hall–Kier alpha value is -2.43. The van der Waals surface area contributed by atoms with Crippen LogP contribution in [0.3, 0.4) is 0 Å². The summed E-state index contributed by atoms with van der Waals surface area (Å²) in [7, 11) is 1.18. The van der Waals surface area contributed by atoms with E-state index in [1.54, 1.807) is 0 Å². The summed E-state index contributed by atoms with van der Waals surface area (Å²) in [6.07, 6.45) is 0. The van der Waals surface area contributed by atoms with E-state index in [0.717, 1.165) is 24.3 Å². The molecule has 0 bridgehead atoms. The van der Waals surface area contributed by atoms with Gasteiger partial charge in [0.05, 0.1) is 12.7 Å². The Morgan fingerprint density at radius 1 is 1.00 bits per heavy atom. The monoisotopic (exact) mass is 264 g/mol. The molecule has 1 N–H and O–H groups in total. The minimum absolute atomic E-state index is 0.0150. The Morgan fingerprint density at radius 2 is 1.58 bits per heavy atom. The zero-order valence-electron chi connectivity index (χ0n) is 9.98. The maximum absolute atomic E-state index is 13.4. The van der Waals surface area contributed by atoms with Gasteiger partial charge in [-0.05, 0) is 41.5 Å². The van der Waals surface area contributed by atoms with E-state index in [4.69, 9.17) is 0 Å². The van der Waals surface area contributed by atoms with Gasteiger partial charge in [-0.15, -0.1) is 0 Å². The Labute approximate surface area is 108 Å². The van der Waals surface area contributed by atoms with Crippen LogP contribution in [0.2, 0.25) is 0 Å². The molecule has 19 heavy (non-hydrogen) atoms. The van der Waals surface area contributed by atoms with Crippen LogP contribution in [0.1, 0.15) is 10.4 Å². The van der Waals surface area contributed by atoms with Crippen LogP contribution in [-0.4, -0.2) is 18.2 Å². The van der Waals surface area contributed by atoms with Crippen molar-refractivity contribution < 1.29 is 23.4 Å².